The van der Waals surface area contributed by atoms with E-state index in [2.05, 4.69) is 17.6 Å². The van der Waals surface area contributed by atoms with Gasteiger partial charge in [0.1, 0.15) is 5.60 Å². The summed E-state index contributed by atoms with van der Waals surface area (Å²) in [7, 11) is 0. The number of aliphatic hydroxyl groups is 9. The Balaban J connectivity index is 0.990. The zero-order chi connectivity index (χ0) is 58.5. The number of nitrogens with two attached hydrogens (primary N) is 1. The van der Waals surface area contributed by atoms with Crippen molar-refractivity contribution in [1.29, 1.82) is 0 Å². The lowest BCUT2D eigenvalue weighted by Gasteiger charge is -2.69. The zero-order valence-electron chi connectivity index (χ0n) is 50.6. The van der Waals surface area contributed by atoms with E-state index < -0.39 is 99.5 Å². The van der Waals surface area contributed by atoms with E-state index in [1.165, 1.54) is 32.1 Å². The summed E-state index contributed by atoms with van der Waals surface area (Å²) in [6.07, 6.45) is 24.0. The maximum Gasteiger partial charge on any atom is 0.182 e. The first-order chi connectivity index (χ1) is 39.7. The Morgan fingerprint density at radius 3 is 2.36 bits per heavy atom. The molecule has 21 atom stereocenters. The highest BCUT2D eigenvalue weighted by molar-refractivity contribution is 6.00. The van der Waals surface area contributed by atoms with Gasteiger partial charge in [-0.2, -0.15) is 0 Å². The largest absolute Gasteiger partial charge is 0.396 e. The molecule has 0 amide bonds. The van der Waals surface area contributed by atoms with Crippen LogP contribution in [-0.2, 0) is 14.3 Å². The van der Waals surface area contributed by atoms with Crippen molar-refractivity contribution in [2.45, 2.75) is 278 Å². The Hall–Kier alpha value is -2.25. The Labute approximate surface area is 494 Å². The van der Waals surface area contributed by atoms with Crippen LogP contribution in [0.4, 0.5) is 0 Å². The van der Waals surface area contributed by atoms with Crippen molar-refractivity contribution in [2.75, 3.05) is 19.8 Å². The van der Waals surface area contributed by atoms with Crippen LogP contribution in [0.25, 0.3) is 0 Å². The van der Waals surface area contributed by atoms with E-state index in [1.54, 1.807) is 13.8 Å². The van der Waals surface area contributed by atoms with Crippen LogP contribution < -0.4 is 16.4 Å². The predicted octanol–water partition coefficient (Wildman–Crippen LogP) is 7.18. The molecular formula is C68H107N3O12. The number of carbonyl (C=O) groups excluding carboxylic acids is 1. The highest BCUT2D eigenvalue weighted by Gasteiger charge is 2.80. The molecule has 10 aliphatic carbocycles. The highest BCUT2D eigenvalue weighted by Crippen LogP contribution is 2.77. The molecule has 2 heterocycles. The lowest BCUT2D eigenvalue weighted by molar-refractivity contribution is -0.276. The third-order valence-corrected chi connectivity index (χ3v) is 26.0. The smallest absolute Gasteiger partial charge is 0.182 e. The van der Waals surface area contributed by atoms with Gasteiger partial charge in [0.2, 0.25) is 0 Å². The molecule has 12 aliphatic rings. The lowest BCUT2D eigenvalue weighted by Crippen LogP contribution is -2.74. The van der Waals surface area contributed by atoms with Gasteiger partial charge in [-0.25, -0.2) is 0 Å². The fourth-order valence-corrected chi connectivity index (χ4v) is 22.3. The van der Waals surface area contributed by atoms with Crippen molar-refractivity contribution in [3.63, 3.8) is 0 Å². The number of hydrogen-bond acceptors (Lipinski definition) is 15. The van der Waals surface area contributed by atoms with Gasteiger partial charge in [0, 0.05) is 54.5 Å². The quantitative estimate of drug-likeness (QED) is 0.0683. The molecular weight excluding hydrogens is 1050 g/mol. The molecule has 15 nitrogen and oxygen atoms in total. The first-order valence-electron chi connectivity index (χ1n) is 33.8. The minimum atomic E-state index is -1.96. The molecule has 83 heavy (non-hydrogen) atoms. The number of hydrogen-bond donors (Lipinski definition) is 12. The molecule has 466 valence electrons. The van der Waals surface area contributed by atoms with Gasteiger partial charge in [0.25, 0.3) is 0 Å². The summed E-state index contributed by atoms with van der Waals surface area (Å²) in [6, 6.07) is 0. The number of allylic oxidation sites excluding steroid dienone is 5. The molecule has 0 radical (unpaired) electrons. The van der Waals surface area contributed by atoms with E-state index in [-0.39, 0.29) is 87.5 Å². The van der Waals surface area contributed by atoms with Crippen molar-refractivity contribution < 1.29 is 60.2 Å². The number of fused-ring (bicyclic) bond motifs is 5. The van der Waals surface area contributed by atoms with Crippen LogP contribution in [0.2, 0.25) is 0 Å². The van der Waals surface area contributed by atoms with Gasteiger partial charge < -0.3 is 71.8 Å². The number of carbonyl (C=O) groups is 1. The molecule has 21 unspecified atom stereocenters. The molecule has 8 saturated carbocycles. The third-order valence-electron chi connectivity index (χ3n) is 26.0. The molecule has 0 aromatic rings. The van der Waals surface area contributed by atoms with Crippen LogP contribution in [0.5, 0.6) is 0 Å². The number of rotatable bonds is 16. The van der Waals surface area contributed by atoms with Crippen LogP contribution in [0.1, 0.15) is 207 Å². The Morgan fingerprint density at radius 1 is 0.867 bits per heavy atom. The van der Waals surface area contributed by atoms with E-state index >= 15 is 9.90 Å². The van der Waals surface area contributed by atoms with E-state index in [0.29, 0.717) is 74.1 Å². The third kappa shape index (κ3) is 10.2. The van der Waals surface area contributed by atoms with Crippen LogP contribution >= 0.6 is 0 Å². The van der Waals surface area contributed by atoms with Crippen LogP contribution in [0, 0.1) is 69.5 Å². The molecule has 0 bridgehead atoms. The first-order valence-corrected chi connectivity index (χ1v) is 33.8. The average Bonchev–Trinajstić information content (AvgIpc) is 1.65. The number of ketones is 1. The standard InChI is InChI=1S/C68H107N3O12/c1-4-9-41-14-18-47-53(20-15-41)83-61-56(47)50(74)11-7-28-68(61,81)62(3,78)54-24-31-67(80)57-58(70-38-40(2)73)59(77)48-34-51(75)52(76)37-64(48)35-43(46-19-21-55(69)71-49(46)10-8-32-72)22-30-65(79,60(57)64)39-66(54,67)44-16-12-42(13-17-44)25-33-82-45-23-29-63(36-45)26-5-6-27-63/h19,21-22,30,40-45,47-48,50-56,60-61,70-76,78-81H,4-18,20,23-29,31-39,69H2,1-3H3. The summed E-state index contributed by atoms with van der Waals surface area (Å²) in [6.45, 7) is 6.28. The van der Waals surface area contributed by atoms with Crippen molar-refractivity contribution in [3.8, 4) is 0 Å². The second-order valence-electron chi connectivity index (χ2n) is 30.4. The van der Waals surface area contributed by atoms with Gasteiger partial charge in [-0.05, 0) is 213 Å². The highest BCUT2D eigenvalue weighted by atomic mass is 16.5. The SMILES string of the molecule is CCCC1CCC2OC3C(C(O)CCCC3(O)C(C)(O)C3CCC4(O)C5=C(NCC(C)O)C(=O)C6CC(O)C(O)CC67CC(C6=C(CCCO)NC(N)C=C6)C=CC(O)(CC34C3CCC(CCOC4CCC6(CCCC6)C4)CC3)C57)C2CC1. The minimum Gasteiger partial charge on any atom is -0.396 e. The fraction of sp³-hybridized carbons (Fsp3) is 0.868. The number of nitrogens with one attached hydrogen (secondary N) is 2. The number of aliphatic hydroxyl groups excluding tert-OH is 5. The predicted molar refractivity (Wildman–Crippen MR) is 315 cm³/mol. The van der Waals surface area contributed by atoms with Crippen molar-refractivity contribution >= 4 is 5.78 Å². The van der Waals surface area contributed by atoms with Gasteiger partial charge in [-0.15, -0.1) is 0 Å². The zero-order valence-corrected chi connectivity index (χ0v) is 50.6. The number of dihydropyridines is 1. The second kappa shape index (κ2) is 23.3. The maximum absolute atomic E-state index is 16.2. The number of Topliss-reactive ketones (excluding diaryl/α,β-unsaturated/α-hetero) is 1. The average molecular weight is 1160 g/mol. The van der Waals surface area contributed by atoms with Gasteiger partial charge in [-0.1, -0.05) is 70.1 Å². The van der Waals surface area contributed by atoms with Crippen molar-refractivity contribution in [1.82, 2.24) is 10.6 Å². The number of ether oxygens (including phenoxy) is 2. The summed E-state index contributed by atoms with van der Waals surface area (Å²) in [5.74, 6) is -3.21. The summed E-state index contributed by atoms with van der Waals surface area (Å²) in [5, 5.41) is 122. The topological polar surface area (TPSA) is 268 Å². The Morgan fingerprint density at radius 2 is 1.61 bits per heavy atom. The molecule has 2 spiro atoms. The van der Waals surface area contributed by atoms with E-state index in [4.69, 9.17) is 15.2 Å². The molecule has 12 rings (SSSR count). The normalized spacial score (nSPS) is 47.6. The van der Waals surface area contributed by atoms with Crippen LogP contribution in [-0.4, -0.2) is 143 Å². The molecule has 2 aliphatic heterocycles. The van der Waals surface area contributed by atoms with Gasteiger partial charge in [0.05, 0.1) is 71.4 Å². The summed E-state index contributed by atoms with van der Waals surface area (Å²) in [5.41, 5.74) is -0.871. The Bertz CT molecular complexity index is 2480. The lowest BCUT2D eigenvalue weighted by atomic mass is 9.37. The molecule has 15 heteroatoms. The molecule has 13 N–H and O–H groups in total. The molecule has 0 aromatic heterocycles. The minimum absolute atomic E-state index is 0.00528. The van der Waals surface area contributed by atoms with Crippen molar-refractivity contribution in [3.05, 3.63) is 46.8 Å². The second-order valence-corrected chi connectivity index (χ2v) is 30.4. The first kappa shape index (κ1) is 61.0. The van der Waals surface area contributed by atoms with E-state index in [1.807, 2.05) is 24.3 Å². The van der Waals surface area contributed by atoms with Crippen LogP contribution in [0.15, 0.2) is 46.8 Å². The van der Waals surface area contributed by atoms with E-state index in [0.717, 1.165) is 81.9 Å². The summed E-state index contributed by atoms with van der Waals surface area (Å²) >= 11 is 0. The monoisotopic (exact) mass is 1160 g/mol. The van der Waals surface area contributed by atoms with Gasteiger partial charge in [0.15, 0.2) is 5.78 Å². The van der Waals surface area contributed by atoms with E-state index in [9.17, 15) is 40.9 Å². The van der Waals surface area contributed by atoms with Gasteiger partial charge in [-0.3, -0.25) is 4.79 Å². The van der Waals surface area contributed by atoms with Gasteiger partial charge >= 0.3 is 0 Å². The summed E-state index contributed by atoms with van der Waals surface area (Å²) < 4.78 is 13.9. The van der Waals surface area contributed by atoms with Crippen LogP contribution in [0.3, 0.4) is 0 Å². The molecule has 1 saturated heterocycles. The van der Waals surface area contributed by atoms with Crippen molar-refractivity contribution in [2.24, 2.45) is 75.2 Å². The fourth-order valence-electron chi connectivity index (χ4n) is 22.3. The molecule has 0 aromatic carbocycles. The summed E-state index contributed by atoms with van der Waals surface area (Å²) in [4.78, 5) is 16.2. The molecule has 9 fully saturated rings. The Kier molecular flexibility index (Phi) is 17.1. The maximum atomic E-state index is 16.2.